The first-order valence-corrected chi connectivity index (χ1v) is 6.86. The van der Waals surface area contributed by atoms with E-state index in [9.17, 15) is 13.0 Å². The summed E-state index contributed by atoms with van der Waals surface area (Å²) in [5.74, 6) is -1.83. The summed E-state index contributed by atoms with van der Waals surface area (Å²) in [7, 11) is 0.636. The summed E-state index contributed by atoms with van der Waals surface area (Å²) in [6.45, 7) is 0. The van der Waals surface area contributed by atoms with Gasteiger partial charge in [-0.15, -0.1) is 0 Å². The van der Waals surface area contributed by atoms with Crippen molar-refractivity contribution in [2.75, 3.05) is 7.05 Å². The molecular formula is C12H15F2NOS. The average molecular weight is 259 g/mol. The zero-order valence-electron chi connectivity index (χ0n) is 9.58. The Kier molecular flexibility index (Phi) is 3.89. The summed E-state index contributed by atoms with van der Waals surface area (Å²) in [6.07, 6.45) is 2.66. The largest absolute Gasteiger partial charge is 0.317 e. The van der Waals surface area contributed by atoms with Gasteiger partial charge in [0.1, 0.15) is 0 Å². The number of benzene rings is 1. The highest BCUT2D eigenvalue weighted by molar-refractivity contribution is 7.85. The molecule has 3 unspecified atom stereocenters. The monoisotopic (exact) mass is 259 g/mol. The number of nitrogens with one attached hydrogen (secondary N) is 1. The zero-order valence-corrected chi connectivity index (χ0v) is 10.4. The van der Waals surface area contributed by atoms with E-state index in [1.54, 1.807) is 0 Å². The summed E-state index contributed by atoms with van der Waals surface area (Å²) in [6, 6.07) is 3.86. The van der Waals surface area contributed by atoms with Crippen LogP contribution in [0.2, 0.25) is 0 Å². The molecule has 3 atom stereocenters. The van der Waals surface area contributed by atoms with Crippen molar-refractivity contribution in [3.63, 3.8) is 0 Å². The second-order valence-corrected chi connectivity index (χ2v) is 6.03. The predicted octanol–water partition coefficient (Wildman–Crippen LogP) is 2.21. The van der Waals surface area contributed by atoms with E-state index < -0.39 is 22.4 Å². The number of hydrogen-bond acceptors (Lipinski definition) is 2. The Bertz CT molecular complexity index is 439. The molecular weight excluding hydrogens is 244 g/mol. The Hall–Kier alpha value is -0.810. The van der Waals surface area contributed by atoms with Gasteiger partial charge in [0.15, 0.2) is 11.6 Å². The highest BCUT2D eigenvalue weighted by Gasteiger charge is 2.29. The fraction of sp³-hybridized carbons (Fsp3) is 0.500. The Labute approximate surface area is 102 Å². The number of rotatable bonds is 3. The van der Waals surface area contributed by atoms with Crippen molar-refractivity contribution in [3.05, 3.63) is 29.8 Å². The van der Waals surface area contributed by atoms with Gasteiger partial charge in [0, 0.05) is 16.2 Å². The molecule has 0 aliphatic heterocycles. The third-order valence-corrected chi connectivity index (χ3v) is 4.97. The lowest BCUT2D eigenvalue weighted by Crippen LogP contribution is -2.23. The second-order valence-electron chi connectivity index (χ2n) is 4.29. The van der Waals surface area contributed by atoms with E-state index in [1.165, 1.54) is 6.07 Å². The van der Waals surface area contributed by atoms with Crippen LogP contribution in [0.4, 0.5) is 8.78 Å². The normalized spacial score (nSPS) is 26.1. The van der Waals surface area contributed by atoms with E-state index >= 15 is 0 Å². The quantitative estimate of drug-likeness (QED) is 0.901. The molecule has 1 saturated carbocycles. The first-order valence-electron chi connectivity index (χ1n) is 5.64. The molecule has 0 amide bonds. The Morgan fingerprint density at radius 1 is 1.29 bits per heavy atom. The lowest BCUT2D eigenvalue weighted by atomic mass is 10.3. The molecule has 0 aromatic heterocycles. The van der Waals surface area contributed by atoms with Crippen LogP contribution in [0.25, 0.3) is 0 Å². The Morgan fingerprint density at radius 3 is 2.65 bits per heavy atom. The van der Waals surface area contributed by atoms with Gasteiger partial charge in [-0.25, -0.2) is 8.78 Å². The highest BCUT2D eigenvalue weighted by Crippen LogP contribution is 2.27. The summed E-state index contributed by atoms with van der Waals surface area (Å²) >= 11 is 0. The lowest BCUT2D eigenvalue weighted by molar-refractivity contribution is 0.505. The molecule has 0 radical (unpaired) electrons. The van der Waals surface area contributed by atoms with E-state index in [4.69, 9.17) is 0 Å². The van der Waals surface area contributed by atoms with Crippen LogP contribution in [0.3, 0.4) is 0 Å². The van der Waals surface area contributed by atoms with Crippen LogP contribution < -0.4 is 5.32 Å². The van der Waals surface area contributed by atoms with Gasteiger partial charge in [-0.1, -0.05) is 0 Å². The molecule has 1 aromatic carbocycles. The van der Waals surface area contributed by atoms with Crippen molar-refractivity contribution < 1.29 is 13.0 Å². The minimum absolute atomic E-state index is 0.0392. The van der Waals surface area contributed by atoms with E-state index in [-0.39, 0.29) is 5.25 Å². The van der Waals surface area contributed by atoms with Crippen molar-refractivity contribution in [3.8, 4) is 0 Å². The van der Waals surface area contributed by atoms with Gasteiger partial charge in [0.25, 0.3) is 0 Å². The molecule has 2 rings (SSSR count). The molecule has 0 spiro atoms. The topological polar surface area (TPSA) is 29.1 Å². The third-order valence-electron chi connectivity index (χ3n) is 3.22. The fourth-order valence-electron chi connectivity index (χ4n) is 2.19. The van der Waals surface area contributed by atoms with Gasteiger partial charge in [0.05, 0.1) is 10.8 Å². The van der Waals surface area contributed by atoms with E-state index in [2.05, 4.69) is 5.32 Å². The van der Waals surface area contributed by atoms with Crippen molar-refractivity contribution in [2.24, 2.45) is 0 Å². The summed E-state index contributed by atoms with van der Waals surface area (Å²) < 4.78 is 38.0. The van der Waals surface area contributed by atoms with Gasteiger partial charge in [-0.3, -0.25) is 4.21 Å². The summed E-state index contributed by atoms with van der Waals surface area (Å²) in [5.41, 5.74) is 0. The molecule has 17 heavy (non-hydrogen) atoms. The minimum atomic E-state index is -1.25. The van der Waals surface area contributed by atoms with Crippen LogP contribution in [0, 0.1) is 11.6 Å². The van der Waals surface area contributed by atoms with Crippen LogP contribution in [-0.2, 0) is 10.8 Å². The van der Waals surface area contributed by atoms with Crippen molar-refractivity contribution in [1.82, 2.24) is 5.32 Å². The van der Waals surface area contributed by atoms with Gasteiger partial charge in [0.2, 0.25) is 0 Å². The van der Waals surface area contributed by atoms with Crippen LogP contribution in [0.1, 0.15) is 19.3 Å². The number of halogens is 2. The van der Waals surface area contributed by atoms with Gasteiger partial charge in [-0.2, -0.15) is 0 Å². The summed E-state index contributed by atoms with van der Waals surface area (Å²) in [4.78, 5) is 0.380. The first-order chi connectivity index (χ1) is 8.11. The Morgan fingerprint density at radius 2 is 2.06 bits per heavy atom. The van der Waals surface area contributed by atoms with Gasteiger partial charge >= 0.3 is 0 Å². The maximum Gasteiger partial charge on any atom is 0.160 e. The Balaban J connectivity index is 2.12. The molecule has 0 bridgehead atoms. The van der Waals surface area contributed by atoms with Crippen molar-refractivity contribution in [1.29, 1.82) is 0 Å². The molecule has 1 aliphatic rings. The minimum Gasteiger partial charge on any atom is -0.317 e. The van der Waals surface area contributed by atoms with Crippen LogP contribution in [-0.4, -0.2) is 22.5 Å². The molecule has 0 heterocycles. The van der Waals surface area contributed by atoms with Gasteiger partial charge < -0.3 is 5.32 Å². The van der Waals surface area contributed by atoms with Crippen LogP contribution >= 0.6 is 0 Å². The molecule has 94 valence electrons. The molecule has 2 nitrogen and oxygen atoms in total. The van der Waals surface area contributed by atoms with Crippen molar-refractivity contribution >= 4 is 10.8 Å². The average Bonchev–Trinajstić information content (AvgIpc) is 2.80. The predicted molar refractivity (Wildman–Crippen MR) is 63.3 cm³/mol. The van der Waals surface area contributed by atoms with E-state index in [0.717, 1.165) is 31.4 Å². The standard InChI is InChI=1S/C12H15F2NOS/c1-15-8-2-3-9(6-8)17(16)10-4-5-11(13)12(14)7-10/h4-5,7-9,15H,2-3,6H2,1H3. The van der Waals surface area contributed by atoms with Crippen LogP contribution in [0.15, 0.2) is 23.1 Å². The zero-order chi connectivity index (χ0) is 12.4. The molecule has 1 aliphatic carbocycles. The molecule has 1 N–H and O–H groups in total. The molecule has 1 fully saturated rings. The third kappa shape index (κ3) is 2.72. The lowest BCUT2D eigenvalue weighted by Gasteiger charge is -2.11. The highest BCUT2D eigenvalue weighted by atomic mass is 32.2. The summed E-state index contributed by atoms with van der Waals surface area (Å²) in [5, 5.41) is 3.19. The smallest absolute Gasteiger partial charge is 0.160 e. The van der Waals surface area contributed by atoms with E-state index in [0.29, 0.717) is 10.9 Å². The number of hydrogen-bond donors (Lipinski definition) is 1. The molecule has 5 heteroatoms. The van der Waals surface area contributed by atoms with Gasteiger partial charge in [-0.05, 0) is 44.5 Å². The van der Waals surface area contributed by atoms with Crippen molar-refractivity contribution in [2.45, 2.75) is 35.4 Å². The van der Waals surface area contributed by atoms with E-state index in [1.807, 2.05) is 7.05 Å². The first kappa shape index (κ1) is 12.6. The SMILES string of the molecule is CNC1CCC(S(=O)c2ccc(F)c(F)c2)C1. The fourth-order valence-corrected chi connectivity index (χ4v) is 3.76. The van der Waals surface area contributed by atoms with Crippen LogP contribution in [0.5, 0.6) is 0 Å². The molecule has 1 aromatic rings. The second kappa shape index (κ2) is 5.23. The molecule has 0 saturated heterocycles. The maximum atomic E-state index is 13.0. The maximum absolute atomic E-state index is 13.0.